The molecule has 0 bridgehead atoms. The fraction of sp³-hybridized carbons (Fsp3) is 0.500. The number of nitro groups is 1. The zero-order valence-corrected chi connectivity index (χ0v) is 12.0. The summed E-state index contributed by atoms with van der Waals surface area (Å²) in [5, 5.41) is 10.9. The number of hydrogen-bond donors (Lipinski definition) is 0. The molecule has 0 aromatic heterocycles. The molecule has 17 heavy (non-hydrogen) atoms. The van der Waals surface area contributed by atoms with E-state index in [9.17, 15) is 10.1 Å². The highest BCUT2D eigenvalue weighted by Gasteiger charge is 2.26. The number of benzene rings is 1. The number of hydrogen-bond acceptors (Lipinski definition) is 3. The Kier molecular flexibility index (Phi) is 4.09. The largest absolute Gasteiger partial charge is 0.272 e. The summed E-state index contributed by atoms with van der Waals surface area (Å²) in [4.78, 5) is 11.1. The Balaban J connectivity index is 2.21. The monoisotopic (exact) mass is 315 g/mol. The van der Waals surface area contributed by atoms with Gasteiger partial charge in [-0.1, -0.05) is 28.1 Å². The van der Waals surface area contributed by atoms with Crippen LogP contribution in [0.2, 0.25) is 0 Å². The lowest BCUT2D eigenvalue weighted by Crippen LogP contribution is -2.15. The minimum Gasteiger partial charge on any atom is -0.258 e. The third-order valence-electron chi connectivity index (χ3n) is 3.22. The van der Waals surface area contributed by atoms with Gasteiger partial charge in [-0.05, 0) is 30.6 Å². The van der Waals surface area contributed by atoms with Crippen molar-refractivity contribution < 1.29 is 4.92 Å². The first-order chi connectivity index (χ1) is 8.09. The third-order valence-corrected chi connectivity index (χ3v) is 5.98. The average molecular weight is 316 g/mol. The van der Waals surface area contributed by atoms with Gasteiger partial charge in [0.05, 0.1) is 4.92 Å². The van der Waals surface area contributed by atoms with Crippen molar-refractivity contribution in [1.82, 2.24) is 0 Å². The van der Waals surface area contributed by atoms with Gasteiger partial charge in [-0.2, -0.15) is 11.8 Å². The van der Waals surface area contributed by atoms with Crippen molar-refractivity contribution in [3.05, 3.63) is 39.4 Å². The number of halogens is 1. The minimum atomic E-state index is -0.298. The molecule has 0 aliphatic carbocycles. The molecule has 0 amide bonds. The first kappa shape index (κ1) is 12.9. The summed E-state index contributed by atoms with van der Waals surface area (Å²) in [5.74, 6) is 2.86. The summed E-state index contributed by atoms with van der Waals surface area (Å²) in [6.07, 6.45) is 0.927. The molecular weight excluding hydrogens is 302 g/mol. The van der Waals surface area contributed by atoms with Gasteiger partial charge in [-0.15, -0.1) is 0 Å². The highest BCUT2D eigenvalue weighted by molar-refractivity contribution is 9.09. The Morgan fingerprint density at radius 3 is 2.88 bits per heavy atom. The van der Waals surface area contributed by atoms with Crippen LogP contribution in [0.15, 0.2) is 18.2 Å². The maximum Gasteiger partial charge on any atom is 0.272 e. The van der Waals surface area contributed by atoms with E-state index in [-0.39, 0.29) is 10.6 Å². The molecule has 0 N–H and O–H groups in total. The predicted octanol–water partition coefficient (Wildman–Crippen LogP) is 3.57. The van der Waals surface area contributed by atoms with Crippen molar-refractivity contribution in [2.45, 2.75) is 18.2 Å². The fourth-order valence-electron chi connectivity index (χ4n) is 2.13. The molecule has 1 aliphatic heterocycles. The van der Waals surface area contributed by atoms with E-state index in [1.165, 1.54) is 0 Å². The fourth-order valence-corrected chi connectivity index (χ4v) is 4.60. The predicted molar refractivity (Wildman–Crippen MR) is 75.1 cm³/mol. The van der Waals surface area contributed by atoms with Crippen molar-refractivity contribution in [2.75, 3.05) is 11.5 Å². The number of alkyl halides is 1. The Morgan fingerprint density at radius 2 is 2.29 bits per heavy atom. The van der Waals surface area contributed by atoms with Crippen LogP contribution in [0.1, 0.15) is 11.1 Å². The third kappa shape index (κ3) is 2.83. The van der Waals surface area contributed by atoms with Gasteiger partial charge >= 0.3 is 0 Å². The highest BCUT2D eigenvalue weighted by Crippen LogP contribution is 2.33. The van der Waals surface area contributed by atoms with Crippen LogP contribution in [0.3, 0.4) is 0 Å². The van der Waals surface area contributed by atoms with Crippen molar-refractivity contribution >= 4 is 33.4 Å². The summed E-state index contributed by atoms with van der Waals surface area (Å²) < 4.78 is 0. The molecule has 5 heteroatoms. The molecule has 2 unspecified atom stereocenters. The molecule has 0 radical (unpaired) electrons. The molecule has 0 spiro atoms. The Labute approximate surface area is 113 Å². The smallest absolute Gasteiger partial charge is 0.258 e. The van der Waals surface area contributed by atoms with E-state index >= 15 is 0 Å². The van der Waals surface area contributed by atoms with E-state index in [4.69, 9.17) is 0 Å². The van der Waals surface area contributed by atoms with Gasteiger partial charge in [0.2, 0.25) is 0 Å². The summed E-state index contributed by atoms with van der Waals surface area (Å²) in [6.45, 7) is 1.85. The molecule has 3 nitrogen and oxygen atoms in total. The van der Waals surface area contributed by atoms with Crippen LogP contribution in [0.5, 0.6) is 0 Å². The van der Waals surface area contributed by atoms with Crippen LogP contribution < -0.4 is 0 Å². The molecule has 2 rings (SSSR count). The van der Waals surface area contributed by atoms with Crippen LogP contribution in [-0.4, -0.2) is 21.3 Å². The second-order valence-corrected chi connectivity index (χ2v) is 6.59. The SMILES string of the molecule is Cc1c(CC2CSCC2Br)cccc1[N+](=O)[O-]. The van der Waals surface area contributed by atoms with Crippen molar-refractivity contribution in [3.8, 4) is 0 Å². The molecule has 0 saturated carbocycles. The second kappa shape index (κ2) is 5.40. The van der Waals surface area contributed by atoms with Crippen molar-refractivity contribution in [3.63, 3.8) is 0 Å². The molecule has 1 saturated heterocycles. The van der Waals surface area contributed by atoms with E-state index in [1.807, 2.05) is 24.8 Å². The molecular formula is C12H14BrNO2S. The van der Waals surface area contributed by atoms with Crippen molar-refractivity contribution in [1.29, 1.82) is 0 Å². The normalized spacial score (nSPS) is 23.9. The molecule has 92 valence electrons. The van der Waals surface area contributed by atoms with E-state index in [0.717, 1.165) is 29.1 Å². The van der Waals surface area contributed by atoms with E-state index in [2.05, 4.69) is 15.9 Å². The van der Waals surface area contributed by atoms with Crippen LogP contribution in [0, 0.1) is 23.0 Å². The number of thioether (sulfide) groups is 1. The summed E-state index contributed by atoms with van der Waals surface area (Å²) in [7, 11) is 0. The molecule has 1 fully saturated rings. The van der Waals surface area contributed by atoms with Gasteiger partial charge in [0, 0.05) is 22.2 Å². The second-order valence-electron chi connectivity index (χ2n) is 4.34. The maximum atomic E-state index is 10.9. The lowest BCUT2D eigenvalue weighted by atomic mass is 9.95. The van der Waals surface area contributed by atoms with E-state index < -0.39 is 0 Å². The zero-order valence-electron chi connectivity index (χ0n) is 9.56. The highest BCUT2D eigenvalue weighted by atomic mass is 79.9. The zero-order chi connectivity index (χ0) is 12.4. The van der Waals surface area contributed by atoms with Gasteiger partial charge in [-0.3, -0.25) is 10.1 Å². The number of rotatable bonds is 3. The van der Waals surface area contributed by atoms with Crippen LogP contribution in [0.25, 0.3) is 0 Å². The van der Waals surface area contributed by atoms with Gasteiger partial charge in [0.15, 0.2) is 0 Å². The Morgan fingerprint density at radius 1 is 1.53 bits per heavy atom. The first-order valence-corrected chi connectivity index (χ1v) is 7.61. The van der Waals surface area contributed by atoms with Gasteiger partial charge in [0.25, 0.3) is 5.69 Å². The molecule has 1 aromatic carbocycles. The number of nitro benzene ring substituents is 1. The standard InChI is InChI=1S/C12H14BrNO2S/c1-8-9(3-2-4-12(8)14(15)16)5-10-6-17-7-11(10)13/h2-4,10-11H,5-7H2,1H3. The van der Waals surface area contributed by atoms with Crippen LogP contribution >= 0.6 is 27.7 Å². The molecule has 2 atom stereocenters. The summed E-state index contributed by atoms with van der Waals surface area (Å²) >= 11 is 5.62. The molecule has 1 heterocycles. The van der Waals surface area contributed by atoms with Crippen molar-refractivity contribution in [2.24, 2.45) is 5.92 Å². The average Bonchev–Trinajstić information content (AvgIpc) is 2.67. The minimum absolute atomic E-state index is 0.235. The summed E-state index contributed by atoms with van der Waals surface area (Å²) in [6, 6.07) is 5.37. The quantitative estimate of drug-likeness (QED) is 0.486. The Bertz CT molecular complexity index is 439. The van der Waals surface area contributed by atoms with E-state index in [1.54, 1.807) is 12.1 Å². The molecule has 1 aromatic rings. The van der Waals surface area contributed by atoms with Gasteiger partial charge in [0.1, 0.15) is 0 Å². The first-order valence-electron chi connectivity index (χ1n) is 5.54. The number of nitrogens with zero attached hydrogens (tertiary/aromatic N) is 1. The van der Waals surface area contributed by atoms with Gasteiger partial charge in [-0.25, -0.2) is 0 Å². The lowest BCUT2D eigenvalue weighted by molar-refractivity contribution is -0.385. The molecule has 1 aliphatic rings. The van der Waals surface area contributed by atoms with Gasteiger partial charge < -0.3 is 0 Å². The van der Waals surface area contributed by atoms with Crippen LogP contribution in [-0.2, 0) is 6.42 Å². The topological polar surface area (TPSA) is 43.1 Å². The van der Waals surface area contributed by atoms with E-state index in [0.29, 0.717) is 10.7 Å². The van der Waals surface area contributed by atoms with Crippen LogP contribution in [0.4, 0.5) is 5.69 Å². The Hall–Kier alpha value is -0.550. The summed E-state index contributed by atoms with van der Waals surface area (Å²) in [5.41, 5.74) is 2.16. The lowest BCUT2D eigenvalue weighted by Gasteiger charge is -2.14. The maximum absolute atomic E-state index is 10.9.